The van der Waals surface area contributed by atoms with Crippen molar-refractivity contribution >= 4 is 17.9 Å². The Morgan fingerprint density at radius 3 is 0.971 bits per heavy atom. The number of carbonyl (C=O) groups is 3. The van der Waals surface area contributed by atoms with E-state index in [4.69, 9.17) is 14.2 Å². The fraction of sp³-hybridized carbons (Fsp3) is 0.730. The van der Waals surface area contributed by atoms with E-state index in [1.165, 1.54) is 154 Å². The molecule has 0 aliphatic heterocycles. The number of allylic oxidation sites excluding steroid dienone is 14. The van der Waals surface area contributed by atoms with Gasteiger partial charge in [0.15, 0.2) is 6.10 Å². The summed E-state index contributed by atoms with van der Waals surface area (Å²) in [7, 11) is 0. The molecule has 69 heavy (non-hydrogen) atoms. The molecule has 0 N–H and O–H groups in total. The molecule has 6 heteroatoms. The van der Waals surface area contributed by atoms with E-state index >= 15 is 0 Å². The van der Waals surface area contributed by atoms with Crippen molar-refractivity contribution in [2.24, 2.45) is 0 Å². The predicted octanol–water partition coefficient (Wildman–Crippen LogP) is 19.5. The highest BCUT2D eigenvalue weighted by molar-refractivity contribution is 5.71. The van der Waals surface area contributed by atoms with Gasteiger partial charge in [-0.05, 0) is 83.5 Å². The van der Waals surface area contributed by atoms with E-state index in [-0.39, 0.29) is 37.5 Å². The number of hydrogen-bond donors (Lipinski definition) is 0. The van der Waals surface area contributed by atoms with Crippen LogP contribution in [0.25, 0.3) is 0 Å². The summed E-state index contributed by atoms with van der Waals surface area (Å²) >= 11 is 0. The van der Waals surface area contributed by atoms with Crippen LogP contribution in [0.1, 0.15) is 278 Å². The molecule has 0 rings (SSSR count). The molecule has 0 saturated heterocycles. The van der Waals surface area contributed by atoms with E-state index in [1.807, 2.05) is 6.08 Å². The summed E-state index contributed by atoms with van der Waals surface area (Å²) in [5.41, 5.74) is 0. The first-order chi connectivity index (χ1) is 34.0. The zero-order valence-corrected chi connectivity index (χ0v) is 45.3. The third-order valence-corrected chi connectivity index (χ3v) is 12.4. The normalized spacial score (nSPS) is 12.7. The lowest BCUT2D eigenvalue weighted by Crippen LogP contribution is -2.30. The standard InChI is InChI=1S/C63H108O6/c1-4-7-10-13-16-19-22-25-27-29-31-33-35-38-41-44-47-50-53-56-62(65)68-59-60(58-67-61(64)55-52-49-46-43-40-37-24-21-18-15-12-9-6-3)69-63(66)57-54-51-48-45-42-39-36-34-32-30-28-26-23-20-17-14-11-8-5-2/h7,10,16,19,25-28,31,33,38,41,47,50,60H,4-6,8-9,11-15,17-18,20-24,29-30,32,34-37,39-40,42-46,48-49,51-59H2,1-3H3/b10-7+,19-16+,27-25+,28-26+,33-31+,41-38+,50-47+/t60-/m1/s1. The summed E-state index contributed by atoms with van der Waals surface area (Å²) < 4.78 is 16.8. The lowest BCUT2D eigenvalue weighted by atomic mass is 10.0. The molecule has 0 amide bonds. The van der Waals surface area contributed by atoms with Gasteiger partial charge in [-0.15, -0.1) is 0 Å². The molecule has 0 aliphatic rings. The van der Waals surface area contributed by atoms with Gasteiger partial charge in [0.1, 0.15) is 13.2 Å². The quantitative estimate of drug-likeness (QED) is 0.0262. The Balaban J connectivity index is 4.46. The molecule has 0 aliphatic carbocycles. The molecule has 0 heterocycles. The maximum atomic E-state index is 12.9. The van der Waals surface area contributed by atoms with Crippen LogP contribution in [-0.4, -0.2) is 37.2 Å². The molecule has 0 fully saturated rings. The topological polar surface area (TPSA) is 78.9 Å². The average Bonchev–Trinajstić information content (AvgIpc) is 3.35. The van der Waals surface area contributed by atoms with E-state index < -0.39 is 6.10 Å². The number of carbonyl (C=O) groups excluding carboxylic acids is 3. The predicted molar refractivity (Wildman–Crippen MR) is 297 cm³/mol. The van der Waals surface area contributed by atoms with Crippen LogP contribution >= 0.6 is 0 Å². The highest BCUT2D eigenvalue weighted by atomic mass is 16.6. The maximum Gasteiger partial charge on any atom is 0.306 e. The molecule has 0 spiro atoms. The molecule has 0 aromatic carbocycles. The summed E-state index contributed by atoms with van der Waals surface area (Å²) in [6.07, 6.45) is 74.4. The number of hydrogen-bond acceptors (Lipinski definition) is 6. The molecule has 0 bridgehead atoms. The highest BCUT2D eigenvalue weighted by Crippen LogP contribution is 2.15. The van der Waals surface area contributed by atoms with Crippen LogP contribution in [0.15, 0.2) is 85.1 Å². The molecule has 0 aromatic heterocycles. The minimum Gasteiger partial charge on any atom is -0.462 e. The Labute approximate surface area is 426 Å². The van der Waals surface area contributed by atoms with Gasteiger partial charge in [-0.2, -0.15) is 0 Å². The van der Waals surface area contributed by atoms with E-state index in [0.29, 0.717) is 19.3 Å². The Morgan fingerprint density at radius 1 is 0.304 bits per heavy atom. The van der Waals surface area contributed by atoms with Crippen LogP contribution in [-0.2, 0) is 28.6 Å². The summed E-state index contributed by atoms with van der Waals surface area (Å²) in [5.74, 6) is -0.981. The van der Waals surface area contributed by atoms with E-state index in [9.17, 15) is 14.4 Å². The van der Waals surface area contributed by atoms with Crippen LogP contribution in [0.4, 0.5) is 0 Å². The lowest BCUT2D eigenvalue weighted by molar-refractivity contribution is -0.166. The third kappa shape index (κ3) is 55.4. The van der Waals surface area contributed by atoms with E-state index in [1.54, 1.807) is 0 Å². The summed E-state index contributed by atoms with van der Waals surface area (Å²) in [5, 5.41) is 0. The highest BCUT2D eigenvalue weighted by Gasteiger charge is 2.19. The molecular weight excluding hydrogens is 853 g/mol. The summed E-state index contributed by atoms with van der Waals surface area (Å²) in [6, 6.07) is 0. The maximum absolute atomic E-state index is 12.9. The van der Waals surface area contributed by atoms with Crippen molar-refractivity contribution in [3.05, 3.63) is 85.1 Å². The van der Waals surface area contributed by atoms with Crippen molar-refractivity contribution < 1.29 is 28.6 Å². The Morgan fingerprint density at radius 2 is 0.594 bits per heavy atom. The number of ether oxygens (including phenoxy) is 3. The van der Waals surface area contributed by atoms with Crippen molar-refractivity contribution in [3.8, 4) is 0 Å². The van der Waals surface area contributed by atoms with Crippen LogP contribution in [0.5, 0.6) is 0 Å². The number of esters is 3. The second-order valence-corrected chi connectivity index (χ2v) is 19.2. The molecular formula is C63H108O6. The largest absolute Gasteiger partial charge is 0.462 e. The van der Waals surface area contributed by atoms with Gasteiger partial charge in [-0.3, -0.25) is 14.4 Å². The monoisotopic (exact) mass is 961 g/mol. The smallest absolute Gasteiger partial charge is 0.306 e. The van der Waals surface area contributed by atoms with Crippen LogP contribution < -0.4 is 0 Å². The van der Waals surface area contributed by atoms with Crippen molar-refractivity contribution in [3.63, 3.8) is 0 Å². The molecule has 0 radical (unpaired) electrons. The van der Waals surface area contributed by atoms with Gasteiger partial charge in [0.25, 0.3) is 0 Å². The minimum atomic E-state index is -0.807. The molecule has 6 nitrogen and oxygen atoms in total. The molecule has 0 unspecified atom stereocenters. The number of unbranched alkanes of at least 4 members (excludes halogenated alkanes) is 27. The first-order valence-electron chi connectivity index (χ1n) is 29.1. The van der Waals surface area contributed by atoms with Crippen molar-refractivity contribution in [2.45, 2.75) is 284 Å². The van der Waals surface area contributed by atoms with Gasteiger partial charge in [-0.1, -0.05) is 260 Å². The lowest BCUT2D eigenvalue weighted by Gasteiger charge is -2.18. The first kappa shape index (κ1) is 65.6. The van der Waals surface area contributed by atoms with Crippen molar-refractivity contribution in [1.82, 2.24) is 0 Å². The third-order valence-electron chi connectivity index (χ3n) is 12.4. The Hall–Kier alpha value is -3.41. The SMILES string of the molecule is CC/C=C/C/C=C/C/C=C/C/C=C/C/C=C/C/C=C/CCC(=O)OC[C@@H](COC(=O)CCCCCCCCCCCCCCC)OC(=O)CCCCCCCCCCC/C=C/CCCCCCCC. The zero-order valence-electron chi connectivity index (χ0n) is 45.3. The Kier molecular flexibility index (Phi) is 54.3. The van der Waals surface area contributed by atoms with Gasteiger partial charge >= 0.3 is 17.9 Å². The fourth-order valence-corrected chi connectivity index (χ4v) is 8.05. The second-order valence-electron chi connectivity index (χ2n) is 19.2. The zero-order chi connectivity index (χ0) is 50.0. The van der Waals surface area contributed by atoms with Gasteiger partial charge in [0.2, 0.25) is 0 Å². The van der Waals surface area contributed by atoms with Gasteiger partial charge < -0.3 is 14.2 Å². The molecule has 0 aromatic rings. The second kappa shape index (κ2) is 57.2. The summed E-state index contributed by atoms with van der Waals surface area (Å²) in [4.78, 5) is 38.1. The Bertz CT molecular complexity index is 1330. The van der Waals surface area contributed by atoms with Crippen LogP contribution in [0.2, 0.25) is 0 Å². The van der Waals surface area contributed by atoms with Crippen LogP contribution in [0, 0.1) is 0 Å². The van der Waals surface area contributed by atoms with Gasteiger partial charge in [0, 0.05) is 19.3 Å². The van der Waals surface area contributed by atoms with E-state index in [0.717, 1.165) is 77.0 Å². The molecule has 396 valence electrons. The minimum absolute atomic E-state index is 0.0983. The summed E-state index contributed by atoms with van der Waals surface area (Å²) in [6.45, 7) is 6.47. The first-order valence-corrected chi connectivity index (χ1v) is 29.1. The van der Waals surface area contributed by atoms with Gasteiger partial charge in [0.05, 0.1) is 0 Å². The fourth-order valence-electron chi connectivity index (χ4n) is 8.05. The molecule has 0 saturated carbocycles. The van der Waals surface area contributed by atoms with Crippen LogP contribution in [0.3, 0.4) is 0 Å². The average molecular weight is 962 g/mol. The molecule has 1 atom stereocenters. The number of rotatable bonds is 52. The van der Waals surface area contributed by atoms with Crippen molar-refractivity contribution in [1.29, 1.82) is 0 Å². The van der Waals surface area contributed by atoms with E-state index in [2.05, 4.69) is 99.8 Å². The van der Waals surface area contributed by atoms with Crippen molar-refractivity contribution in [2.75, 3.05) is 13.2 Å². The van der Waals surface area contributed by atoms with Gasteiger partial charge in [-0.25, -0.2) is 0 Å².